The number of nitrogens with one attached hydrogen (secondary N) is 1. The number of carbonyl (C=O) groups is 2. The molecule has 3 aromatic rings. The molecule has 0 unspecified atom stereocenters. The van der Waals surface area contributed by atoms with E-state index in [1.165, 1.54) is 43.5 Å². The highest BCUT2D eigenvalue weighted by Crippen LogP contribution is 2.19. The largest absolute Gasteiger partial charge is 0.465 e. The van der Waals surface area contributed by atoms with Crippen LogP contribution in [0.1, 0.15) is 15.9 Å². The van der Waals surface area contributed by atoms with Gasteiger partial charge in [0, 0.05) is 17.3 Å². The molecule has 33 heavy (non-hydrogen) atoms. The van der Waals surface area contributed by atoms with Crippen molar-refractivity contribution in [3.05, 3.63) is 95.0 Å². The zero-order valence-electron chi connectivity index (χ0n) is 17.9. The van der Waals surface area contributed by atoms with Crippen LogP contribution in [0.4, 0.5) is 5.69 Å². The normalized spacial score (nSPS) is 11.2. The fourth-order valence-electron chi connectivity index (χ4n) is 3.11. The van der Waals surface area contributed by atoms with Crippen molar-refractivity contribution in [3.63, 3.8) is 0 Å². The van der Waals surface area contributed by atoms with E-state index in [9.17, 15) is 18.0 Å². The average Bonchev–Trinajstić information content (AvgIpc) is 2.82. The second-order valence-corrected chi connectivity index (χ2v) is 9.52. The molecule has 0 aliphatic heterocycles. The summed E-state index contributed by atoms with van der Waals surface area (Å²) in [7, 11) is -2.66. The van der Waals surface area contributed by atoms with Gasteiger partial charge in [0.15, 0.2) is 0 Å². The molecule has 0 aliphatic carbocycles. The number of benzene rings is 3. The summed E-state index contributed by atoms with van der Waals surface area (Å²) < 4.78 is 32.3. The summed E-state index contributed by atoms with van der Waals surface area (Å²) in [5.41, 5.74) is 1.72. The van der Waals surface area contributed by atoms with Crippen LogP contribution in [0, 0.1) is 0 Å². The predicted octanol–water partition coefficient (Wildman–Crippen LogP) is 4.00. The zero-order chi connectivity index (χ0) is 23.8. The Morgan fingerprint density at radius 1 is 0.939 bits per heavy atom. The highest BCUT2D eigenvalue weighted by Gasteiger charge is 2.26. The minimum Gasteiger partial charge on any atom is -0.465 e. The van der Waals surface area contributed by atoms with Crippen molar-refractivity contribution in [3.8, 4) is 0 Å². The molecule has 0 atom stereocenters. The molecule has 0 fully saturated rings. The van der Waals surface area contributed by atoms with Crippen LogP contribution in [0.3, 0.4) is 0 Å². The molecular weight excluding hydrogens is 464 g/mol. The Bertz CT molecular complexity index is 1200. The standard InChI is InChI=1S/C24H23ClN2O5S/c1-32-24(29)19-7-11-21(12-8-19)26-23(28)17-27(16-15-18-5-3-2-4-6-18)33(30,31)22-13-9-20(25)10-14-22/h2-14H,15-17H2,1H3,(H,26,28). The number of halogens is 1. The van der Waals surface area contributed by atoms with Crippen LogP contribution in [0.15, 0.2) is 83.8 Å². The van der Waals surface area contributed by atoms with Gasteiger partial charge in [-0.15, -0.1) is 0 Å². The lowest BCUT2D eigenvalue weighted by atomic mass is 10.1. The van der Waals surface area contributed by atoms with Crippen LogP contribution in [0.2, 0.25) is 5.02 Å². The van der Waals surface area contributed by atoms with Gasteiger partial charge >= 0.3 is 5.97 Å². The van der Waals surface area contributed by atoms with E-state index >= 15 is 0 Å². The summed E-state index contributed by atoms with van der Waals surface area (Å²) >= 11 is 5.90. The van der Waals surface area contributed by atoms with Gasteiger partial charge in [-0.05, 0) is 60.5 Å². The van der Waals surface area contributed by atoms with Gasteiger partial charge in [0.25, 0.3) is 0 Å². The molecule has 3 aromatic carbocycles. The van der Waals surface area contributed by atoms with E-state index in [0.717, 1.165) is 9.87 Å². The Morgan fingerprint density at radius 3 is 2.18 bits per heavy atom. The van der Waals surface area contributed by atoms with Crippen LogP contribution < -0.4 is 5.32 Å². The van der Waals surface area contributed by atoms with Crippen LogP contribution in [0.25, 0.3) is 0 Å². The number of amides is 1. The second kappa shape index (κ2) is 11.1. The number of carbonyl (C=O) groups excluding carboxylic acids is 2. The number of sulfonamides is 1. The van der Waals surface area contributed by atoms with Gasteiger partial charge in [-0.1, -0.05) is 41.9 Å². The maximum absolute atomic E-state index is 13.3. The van der Waals surface area contributed by atoms with E-state index in [2.05, 4.69) is 10.1 Å². The Balaban J connectivity index is 1.77. The first kappa shape index (κ1) is 24.4. The quantitative estimate of drug-likeness (QED) is 0.461. The smallest absolute Gasteiger partial charge is 0.337 e. The van der Waals surface area contributed by atoms with Crippen molar-refractivity contribution in [2.75, 3.05) is 25.5 Å². The summed E-state index contributed by atoms with van der Waals surface area (Å²) in [6, 6.07) is 21.4. The van der Waals surface area contributed by atoms with Gasteiger partial charge < -0.3 is 10.1 Å². The molecule has 9 heteroatoms. The maximum atomic E-state index is 13.3. The van der Waals surface area contributed by atoms with Crippen molar-refractivity contribution in [1.82, 2.24) is 4.31 Å². The summed E-state index contributed by atoms with van der Waals surface area (Å²) in [5, 5.41) is 3.08. The molecule has 0 heterocycles. The lowest BCUT2D eigenvalue weighted by molar-refractivity contribution is -0.116. The number of nitrogens with zero attached hydrogens (tertiary/aromatic N) is 1. The van der Waals surface area contributed by atoms with E-state index < -0.39 is 21.9 Å². The number of esters is 1. The van der Waals surface area contributed by atoms with E-state index in [1.807, 2.05) is 30.3 Å². The number of methoxy groups -OCH3 is 1. The first-order valence-corrected chi connectivity index (χ1v) is 11.9. The third-order valence-electron chi connectivity index (χ3n) is 4.85. The SMILES string of the molecule is COC(=O)c1ccc(NC(=O)CN(CCc2ccccc2)S(=O)(=O)c2ccc(Cl)cc2)cc1. The molecule has 3 rings (SSSR count). The molecule has 0 saturated carbocycles. The van der Waals surface area contributed by atoms with Crippen LogP contribution in [-0.2, 0) is 26.0 Å². The van der Waals surface area contributed by atoms with Crippen molar-refractivity contribution in [2.45, 2.75) is 11.3 Å². The first-order chi connectivity index (χ1) is 15.8. The van der Waals surface area contributed by atoms with Crippen molar-refractivity contribution in [1.29, 1.82) is 0 Å². The van der Waals surface area contributed by atoms with Gasteiger partial charge in [-0.2, -0.15) is 4.31 Å². The summed E-state index contributed by atoms with van der Waals surface area (Å²) in [5.74, 6) is -1.000. The average molecular weight is 487 g/mol. The maximum Gasteiger partial charge on any atom is 0.337 e. The van der Waals surface area contributed by atoms with Gasteiger partial charge in [-0.3, -0.25) is 4.79 Å². The molecular formula is C24H23ClN2O5S. The molecule has 0 spiro atoms. The van der Waals surface area contributed by atoms with Gasteiger partial charge in [0.05, 0.1) is 24.1 Å². The Hall–Kier alpha value is -3.20. The van der Waals surface area contributed by atoms with Crippen molar-refractivity contribution in [2.24, 2.45) is 0 Å². The molecule has 172 valence electrons. The highest BCUT2D eigenvalue weighted by molar-refractivity contribution is 7.89. The van der Waals surface area contributed by atoms with E-state index in [1.54, 1.807) is 12.1 Å². The number of hydrogen-bond acceptors (Lipinski definition) is 5. The molecule has 0 bridgehead atoms. The number of ether oxygens (including phenoxy) is 1. The minimum absolute atomic E-state index is 0.0511. The molecule has 0 aromatic heterocycles. The third-order valence-corrected chi connectivity index (χ3v) is 6.97. The Labute approximate surface area is 198 Å². The lowest BCUT2D eigenvalue weighted by Gasteiger charge is -2.22. The number of hydrogen-bond donors (Lipinski definition) is 1. The van der Waals surface area contributed by atoms with Crippen LogP contribution >= 0.6 is 11.6 Å². The molecule has 1 N–H and O–H groups in total. The minimum atomic E-state index is -3.94. The lowest BCUT2D eigenvalue weighted by Crippen LogP contribution is -2.39. The molecule has 7 nitrogen and oxygen atoms in total. The van der Waals surface area contributed by atoms with Crippen molar-refractivity contribution < 1.29 is 22.7 Å². The van der Waals surface area contributed by atoms with Gasteiger partial charge in [0.2, 0.25) is 15.9 Å². The van der Waals surface area contributed by atoms with Crippen molar-refractivity contribution >= 4 is 39.2 Å². The third kappa shape index (κ3) is 6.64. The molecule has 0 aliphatic rings. The van der Waals surface area contributed by atoms with Gasteiger partial charge in [-0.25, -0.2) is 13.2 Å². The molecule has 1 amide bonds. The van der Waals surface area contributed by atoms with E-state index in [4.69, 9.17) is 11.6 Å². The summed E-state index contributed by atoms with van der Waals surface area (Å²) in [6.07, 6.45) is 0.439. The fourth-order valence-corrected chi connectivity index (χ4v) is 4.63. The summed E-state index contributed by atoms with van der Waals surface area (Å²) in [6.45, 7) is -0.264. The number of anilines is 1. The van der Waals surface area contributed by atoms with E-state index in [0.29, 0.717) is 22.7 Å². The Morgan fingerprint density at radius 2 is 1.58 bits per heavy atom. The zero-order valence-corrected chi connectivity index (χ0v) is 19.5. The fraction of sp³-hybridized carbons (Fsp3) is 0.167. The topological polar surface area (TPSA) is 92.8 Å². The van der Waals surface area contributed by atoms with Crippen LogP contribution in [-0.4, -0.2) is 44.8 Å². The Kier molecular flexibility index (Phi) is 8.21. The molecule has 0 radical (unpaired) electrons. The highest BCUT2D eigenvalue weighted by atomic mass is 35.5. The predicted molar refractivity (Wildman–Crippen MR) is 127 cm³/mol. The second-order valence-electron chi connectivity index (χ2n) is 7.15. The van der Waals surface area contributed by atoms with Crippen LogP contribution in [0.5, 0.6) is 0 Å². The molecule has 0 saturated heterocycles. The summed E-state index contributed by atoms with van der Waals surface area (Å²) in [4.78, 5) is 24.3. The van der Waals surface area contributed by atoms with Gasteiger partial charge in [0.1, 0.15) is 0 Å². The van der Waals surface area contributed by atoms with E-state index in [-0.39, 0.29) is 18.0 Å². The number of rotatable bonds is 9. The monoisotopic (exact) mass is 486 g/mol. The first-order valence-electron chi connectivity index (χ1n) is 10.1.